The van der Waals surface area contributed by atoms with Crippen molar-refractivity contribution in [3.63, 3.8) is 0 Å². The lowest BCUT2D eigenvalue weighted by molar-refractivity contribution is 0.163. The second-order valence-corrected chi connectivity index (χ2v) is 2.26. The molecule has 5 nitrogen and oxygen atoms in total. The fraction of sp³-hybridized carbons (Fsp3) is 0.833. The van der Waals surface area contributed by atoms with E-state index in [0.29, 0.717) is 13.0 Å². The first kappa shape index (κ1) is 10.2. The van der Waals surface area contributed by atoms with Crippen molar-refractivity contribution >= 4 is 5.96 Å². The molecule has 0 bridgehead atoms. The van der Waals surface area contributed by atoms with Crippen LogP contribution in [0.1, 0.15) is 19.8 Å². The number of guanidine groups is 1. The Morgan fingerprint density at radius 2 is 2.36 bits per heavy atom. The zero-order valence-corrected chi connectivity index (χ0v) is 6.75. The molecular formula is C6H16N4O. The summed E-state index contributed by atoms with van der Waals surface area (Å²) in [6.07, 6.45) is 1.08. The maximum absolute atomic E-state index is 9.08. The Morgan fingerprint density at radius 1 is 1.73 bits per heavy atom. The topological polar surface area (TPSA) is 96.7 Å². The molecule has 0 amide bonds. The van der Waals surface area contributed by atoms with E-state index in [9.17, 15) is 0 Å². The Morgan fingerprint density at radius 3 is 2.82 bits per heavy atom. The molecule has 0 aliphatic heterocycles. The number of hydrogen-bond acceptors (Lipinski definition) is 3. The minimum absolute atomic E-state index is 0.202. The van der Waals surface area contributed by atoms with Gasteiger partial charge in [0.1, 0.15) is 0 Å². The number of rotatable bonds is 4. The van der Waals surface area contributed by atoms with Crippen molar-refractivity contribution in [2.24, 2.45) is 16.6 Å². The first-order valence-corrected chi connectivity index (χ1v) is 3.65. The van der Waals surface area contributed by atoms with E-state index in [1.54, 1.807) is 0 Å². The zero-order valence-electron chi connectivity index (χ0n) is 6.75. The lowest BCUT2D eigenvalue weighted by Gasteiger charge is -2.04. The van der Waals surface area contributed by atoms with Crippen molar-refractivity contribution in [1.29, 1.82) is 0 Å². The van der Waals surface area contributed by atoms with Gasteiger partial charge < -0.3 is 10.8 Å². The minimum atomic E-state index is -0.288. The second kappa shape index (κ2) is 5.94. The van der Waals surface area contributed by atoms with Crippen LogP contribution in [0.2, 0.25) is 0 Å². The Hall–Kier alpha value is -0.810. The maximum atomic E-state index is 9.08. The summed E-state index contributed by atoms with van der Waals surface area (Å²) in [7, 11) is 0. The van der Waals surface area contributed by atoms with Crippen LogP contribution < -0.4 is 17.0 Å². The summed E-state index contributed by atoms with van der Waals surface area (Å²) in [5.74, 6) is 5.16. The van der Waals surface area contributed by atoms with Gasteiger partial charge in [-0.1, -0.05) is 6.92 Å². The molecule has 0 aromatic heterocycles. The monoisotopic (exact) mass is 160 g/mol. The lowest BCUT2D eigenvalue weighted by atomic mass is 10.2. The largest absolute Gasteiger partial charge is 0.393 e. The van der Waals surface area contributed by atoms with Gasteiger partial charge in [-0.25, -0.2) is 5.84 Å². The number of nitrogens with two attached hydrogens (primary N) is 2. The summed E-state index contributed by atoms with van der Waals surface area (Å²) < 4.78 is 0. The number of aliphatic hydroxyl groups excluding tert-OH is 1. The summed E-state index contributed by atoms with van der Waals surface area (Å²) in [6, 6.07) is 0. The summed E-state index contributed by atoms with van der Waals surface area (Å²) in [5, 5.41) is 9.08. The average molecular weight is 160 g/mol. The Bertz CT molecular complexity index is 126. The Labute approximate surface area is 66.5 Å². The van der Waals surface area contributed by atoms with Crippen LogP contribution in [0.25, 0.3) is 0 Å². The van der Waals surface area contributed by atoms with Crippen LogP contribution >= 0.6 is 0 Å². The summed E-state index contributed by atoms with van der Waals surface area (Å²) in [6.45, 7) is 2.42. The van der Waals surface area contributed by atoms with E-state index in [0.717, 1.165) is 6.42 Å². The van der Waals surface area contributed by atoms with E-state index >= 15 is 0 Å². The van der Waals surface area contributed by atoms with Crippen LogP contribution in [0.3, 0.4) is 0 Å². The third kappa shape index (κ3) is 5.63. The first-order valence-electron chi connectivity index (χ1n) is 3.65. The fourth-order valence-electron chi connectivity index (χ4n) is 0.584. The highest BCUT2D eigenvalue weighted by Crippen LogP contribution is 1.95. The number of nitrogens with zero attached hydrogens (tertiary/aromatic N) is 1. The smallest absolute Gasteiger partial charge is 0.203 e. The number of aliphatic hydroxyl groups is 1. The molecule has 11 heavy (non-hydrogen) atoms. The molecule has 5 heteroatoms. The van der Waals surface area contributed by atoms with E-state index in [4.69, 9.17) is 16.7 Å². The highest BCUT2D eigenvalue weighted by Gasteiger charge is 1.98. The molecule has 1 atom stereocenters. The molecule has 0 aromatic carbocycles. The third-order valence-electron chi connectivity index (χ3n) is 1.36. The van der Waals surface area contributed by atoms with Crippen molar-refractivity contribution in [2.75, 3.05) is 6.54 Å². The van der Waals surface area contributed by atoms with E-state index in [2.05, 4.69) is 10.4 Å². The van der Waals surface area contributed by atoms with Gasteiger partial charge in [-0.15, -0.1) is 0 Å². The van der Waals surface area contributed by atoms with Crippen molar-refractivity contribution in [3.8, 4) is 0 Å². The molecule has 0 radical (unpaired) electrons. The van der Waals surface area contributed by atoms with Gasteiger partial charge in [0, 0.05) is 6.54 Å². The van der Waals surface area contributed by atoms with Gasteiger partial charge in [0.2, 0.25) is 5.96 Å². The van der Waals surface area contributed by atoms with E-state index in [-0.39, 0.29) is 12.1 Å². The summed E-state index contributed by atoms with van der Waals surface area (Å²) in [5.41, 5.74) is 7.44. The second-order valence-electron chi connectivity index (χ2n) is 2.26. The first-order chi connectivity index (χ1) is 5.20. The lowest BCUT2D eigenvalue weighted by Crippen LogP contribution is -2.37. The molecule has 0 saturated heterocycles. The van der Waals surface area contributed by atoms with Gasteiger partial charge in [-0.05, 0) is 12.8 Å². The minimum Gasteiger partial charge on any atom is -0.393 e. The van der Waals surface area contributed by atoms with Crippen LogP contribution in [-0.2, 0) is 0 Å². The summed E-state index contributed by atoms with van der Waals surface area (Å²) >= 11 is 0. The van der Waals surface area contributed by atoms with E-state index < -0.39 is 0 Å². The predicted molar refractivity (Wildman–Crippen MR) is 44.7 cm³/mol. The quantitative estimate of drug-likeness (QED) is 0.182. The van der Waals surface area contributed by atoms with Crippen molar-refractivity contribution < 1.29 is 5.11 Å². The average Bonchev–Trinajstić information content (AvgIpc) is 2.04. The molecule has 0 fully saturated rings. The molecule has 0 rings (SSSR count). The molecular weight excluding hydrogens is 144 g/mol. The number of nitrogens with one attached hydrogen (secondary N) is 1. The van der Waals surface area contributed by atoms with Crippen molar-refractivity contribution in [2.45, 2.75) is 25.9 Å². The number of aliphatic imine (C=N–C) groups is 1. The molecule has 0 aliphatic carbocycles. The molecule has 6 N–H and O–H groups in total. The van der Waals surface area contributed by atoms with Gasteiger partial charge in [-0.3, -0.25) is 10.4 Å². The Balaban J connectivity index is 3.39. The molecule has 66 valence electrons. The normalized spacial score (nSPS) is 14.6. The van der Waals surface area contributed by atoms with Gasteiger partial charge in [0.15, 0.2) is 0 Å². The van der Waals surface area contributed by atoms with Crippen LogP contribution in [0.15, 0.2) is 4.99 Å². The van der Waals surface area contributed by atoms with Crippen LogP contribution in [0.5, 0.6) is 0 Å². The summed E-state index contributed by atoms with van der Waals surface area (Å²) in [4.78, 5) is 3.83. The highest BCUT2D eigenvalue weighted by atomic mass is 16.3. The molecule has 0 saturated carbocycles. The molecule has 1 unspecified atom stereocenters. The van der Waals surface area contributed by atoms with Crippen LogP contribution in [0.4, 0.5) is 0 Å². The Kier molecular flexibility index (Phi) is 5.50. The predicted octanol–water partition coefficient (Wildman–Crippen LogP) is -1.07. The number of hydrogen-bond donors (Lipinski definition) is 4. The number of hydrazine groups is 1. The van der Waals surface area contributed by atoms with Crippen molar-refractivity contribution in [3.05, 3.63) is 0 Å². The SMILES string of the molecule is CCC(O)CCN=C(N)NN. The highest BCUT2D eigenvalue weighted by molar-refractivity contribution is 5.76. The molecule has 0 heterocycles. The van der Waals surface area contributed by atoms with Crippen molar-refractivity contribution in [1.82, 2.24) is 5.43 Å². The van der Waals surface area contributed by atoms with Gasteiger partial charge in [0.05, 0.1) is 6.10 Å². The van der Waals surface area contributed by atoms with Crippen LogP contribution in [0, 0.1) is 0 Å². The van der Waals surface area contributed by atoms with E-state index in [1.165, 1.54) is 0 Å². The third-order valence-corrected chi connectivity index (χ3v) is 1.36. The fourth-order valence-corrected chi connectivity index (χ4v) is 0.584. The van der Waals surface area contributed by atoms with E-state index in [1.807, 2.05) is 6.92 Å². The molecule has 0 aliphatic rings. The van der Waals surface area contributed by atoms with Gasteiger partial charge in [0.25, 0.3) is 0 Å². The van der Waals surface area contributed by atoms with Gasteiger partial charge in [-0.2, -0.15) is 0 Å². The van der Waals surface area contributed by atoms with Gasteiger partial charge >= 0.3 is 0 Å². The van der Waals surface area contributed by atoms with Crippen LogP contribution in [-0.4, -0.2) is 23.7 Å². The maximum Gasteiger partial charge on any atom is 0.203 e. The standard InChI is InChI=1S/C6H16N4O/c1-2-5(11)3-4-9-6(7)10-8/h5,11H,2-4,8H2,1H3,(H3,7,9,10). The molecule has 0 aromatic rings. The molecule has 0 spiro atoms. The zero-order chi connectivity index (χ0) is 8.69.